The molecule has 0 saturated carbocycles. The Bertz CT molecular complexity index is 709. The molecular weight excluding hydrogens is 299 g/mol. The van der Waals surface area contributed by atoms with E-state index in [1.54, 1.807) is 0 Å². The summed E-state index contributed by atoms with van der Waals surface area (Å²) in [5.41, 5.74) is 2.40. The third kappa shape index (κ3) is 2.92. The predicted molar refractivity (Wildman–Crippen MR) is 71.7 cm³/mol. The molecule has 0 spiro atoms. The SMILES string of the molecule is FC(F)(F)c1ccccc1NN1C=CN=C(c2ncon2)C1. The zero-order valence-corrected chi connectivity index (χ0v) is 11.1. The van der Waals surface area contributed by atoms with E-state index in [9.17, 15) is 13.2 Å². The quantitative estimate of drug-likeness (QED) is 0.944. The number of aliphatic imine (C=N–C) groups is 1. The number of nitrogens with zero attached hydrogens (tertiary/aromatic N) is 4. The van der Waals surface area contributed by atoms with Crippen LogP contribution < -0.4 is 5.43 Å². The van der Waals surface area contributed by atoms with Gasteiger partial charge in [0, 0.05) is 12.4 Å². The van der Waals surface area contributed by atoms with Gasteiger partial charge in [-0.2, -0.15) is 18.2 Å². The lowest BCUT2D eigenvalue weighted by Crippen LogP contribution is -2.33. The highest BCUT2D eigenvalue weighted by Gasteiger charge is 2.33. The second kappa shape index (κ2) is 5.51. The first-order chi connectivity index (χ1) is 10.5. The smallest absolute Gasteiger partial charge is 0.342 e. The maximum Gasteiger partial charge on any atom is 0.418 e. The molecule has 1 aliphatic heterocycles. The number of nitrogens with one attached hydrogen (secondary N) is 1. The largest absolute Gasteiger partial charge is 0.418 e. The first-order valence-corrected chi connectivity index (χ1v) is 6.23. The second-order valence-corrected chi connectivity index (χ2v) is 4.41. The van der Waals surface area contributed by atoms with Gasteiger partial charge in [-0.15, -0.1) is 0 Å². The number of benzene rings is 1. The van der Waals surface area contributed by atoms with Gasteiger partial charge in [0.15, 0.2) is 0 Å². The van der Waals surface area contributed by atoms with Crippen molar-refractivity contribution in [1.82, 2.24) is 15.1 Å². The molecule has 1 aromatic heterocycles. The monoisotopic (exact) mass is 309 g/mol. The highest BCUT2D eigenvalue weighted by atomic mass is 19.4. The Labute approximate surface area is 122 Å². The van der Waals surface area contributed by atoms with E-state index < -0.39 is 11.7 Å². The fourth-order valence-corrected chi connectivity index (χ4v) is 1.94. The van der Waals surface area contributed by atoms with Crippen molar-refractivity contribution in [3.63, 3.8) is 0 Å². The highest BCUT2D eigenvalue weighted by molar-refractivity contribution is 5.99. The fraction of sp³-hybridized carbons (Fsp3) is 0.154. The van der Waals surface area contributed by atoms with E-state index in [0.29, 0.717) is 11.5 Å². The van der Waals surface area contributed by atoms with E-state index in [-0.39, 0.29) is 12.2 Å². The average molecular weight is 309 g/mol. The molecule has 3 rings (SSSR count). The average Bonchev–Trinajstić information content (AvgIpc) is 3.01. The van der Waals surface area contributed by atoms with Crippen LogP contribution in [0, 0.1) is 0 Å². The molecule has 0 atom stereocenters. The van der Waals surface area contributed by atoms with Crippen LogP contribution in [0.4, 0.5) is 18.9 Å². The van der Waals surface area contributed by atoms with E-state index in [0.717, 1.165) is 12.5 Å². The molecule has 0 saturated heterocycles. The van der Waals surface area contributed by atoms with Crippen LogP contribution in [0.3, 0.4) is 0 Å². The molecule has 0 bridgehead atoms. The van der Waals surface area contributed by atoms with Crippen LogP contribution in [-0.4, -0.2) is 27.4 Å². The number of rotatable bonds is 3. The van der Waals surface area contributed by atoms with Gasteiger partial charge in [-0.05, 0) is 12.1 Å². The number of hydrogen-bond acceptors (Lipinski definition) is 6. The summed E-state index contributed by atoms with van der Waals surface area (Å²) in [6, 6.07) is 5.24. The summed E-state index contributed by atoms with van der Waals surface area (Å²) in [6.45, 7) is 0.197. The van der Waals surface area contributed by atoms with Crippen molar-refractivity contribution in [2.45, 2.75) is 6.18 Å². The van der Waals surface area contributed by atoms with Gasteiger partial charge in [-0.3, -0.25) is 15.4 Å². The van der Waals surface area contributed by atoms with Gasteiger partial charge in [-0.25, -0.2) is 0 Å². The maximum atomic E-state index is 13.0. The Morgan fingerprint density at radius 1 is 1.23 bits per heavy atom. The van der Waals surface area contributed by atoms with Crippen LogP contribution in [0.15, 0.2) is 52.6 Å². The predicted octanol–water partition coefficient (Wildman–Crippen LogP) is 2.69. The van der Waals surface area contributed by atoms with Gasteiger partial charge in [0.2, 0.25) is 12.2 Å². The summed E-state index contributed by atoms with van der Waals surface area (Å²) in [6.07, 6.45) is -0.310. The lowest BCUT2D eigenvalue weighted by atomic mass is 10.2. The zero-order chi connectivity index (χ0) is 15.6. The summed E-state index contributed by atoms with van der Waals surface area (Å²) in [5.74, 6) is 0.292. The van der Waals surface area contributed by atoms with Crippen LogP contribution in [0.5, 0.6) is 0 Å². The Morgan fingerprint density at radius 2 is 2.05 bits per heavy atom. The molecule has 2 heterocycles. The van der Waals surface area contributed by atoms with Gasteiger partial charge < -0.3 is 4.52 Å². The van der Waals surface area contributed by atoms with E-state index in [1.807, 2.05) is 0 Å². The topological polar surface area (TPSA) is 66.5 Å². The summed E-state index contributed by atoms with van der Waals surface area (Å²) >= 11 is 0. The van der Waals surface area contributed by atoms with E-state index in [4.69, 9.17) is 0 Å². The van der Waals surface area contributed by atoms with Crippen LogP contribution in [-0.2, 0) is 6.18 Å². The molecule has 6 nitrogen and oxygen atoms in total. The zero-order valence-electron chi connectivity index (χ0n) is 11.1. The summed E-state index contributed by atoms with van der Waals surface area (Å²) in [5, 5.41) is 5.11. The van der Waals surface area contributed by atoms with Crippen molar-refractivity contribution in [1.29, 1.82) is 0 Å². The first kappa shape index (κ1) is 14.1. The highest BCUT2D eigenvalue weighted by Crippen LogP contribution is 2.34. The minimum atomic E-state index is -4.44. The Balaban J connectivity index is 1.78. The molecule has 2 aromatic rings. The molecule has 9 heteroatoms. The molecule has 1 aromatic carbocycles. The summed E-state index contributed by atoms with van der Waals surface area (Å²) < 4.78 is 43.5. The van der Waals surface area contributed by atoms with Crippen LogP contribution in [0.25, 0.3) is 0 Å². The van der Waals surface area contributed by atoms with E-state index >= 15 is 0 Å². The molecule has 1 N–H and O–H groups in total. The van der Waals surface area contributed by atoms with Gasteiger partial charge in [-0.1, -0.05) is 17.3 Å². The lowest BCUT2D eigenvalue weighted by Gasteiger charge is -2.26. The van der Waals surface area contributed by atoms with Gasteiger partial charge in [0.1, 0.15) is 5.71 Å². The van der Waals surface area contributed by atoms with E-state index in [1.165, 1.54) is 35.6 Å². The van der Waals surface area contributed by atoms with Crippen molar-refractivity contribution in [2.24, 2.45) is 4.99 Å². The number of anilines is 1. The van der Waals surface area contributed by atoms with Crippen LogP contribution >= 0.6 is 0 Å². The minimum absolute atomic E-state index is 0.0472. The lowest BCUT2D eigenvalue weighted by molar-refractivity contribution is -0.137. The first-order valence-electron chi connectivity index (χ1n) is 6.23. The number of alkyl halides is 3. The molecule has 0 aliphatic carbocycles. The molecule has 22 heavy (non-hydrogen) atoms. The van der Waals surface area contributed by atoms with Crippen LogP contribution in [0.2, 0.25) is 0 Å². The maximum absolute atomic E-state index is 13.0. The Morgan fingerprint density at radius 3 is 2.77 bits per heavy atom. The van der Waals surface area contributed by atoms with Crippen molar-refractivity contribution in [2.75, 3.05) is 12.0 Å². The Kier molecular flexibility index (Phi) is 3.53. The van der Waals surface area contributed by atoms with Gasteiger partial charge in [0.25, 0.3) is 0 Å². The molecule has 114 valence electrons. The summed E-state index contributed by atoms with van der Waals surface area (Å²) in [7, 11) is 0. The molecule has 0 unspecified atom stereocenters. The van der Waals surface area contributed by atoms with Crippen molar-refractivity contribution >= 4 is 11.4 Å². The number of hydrogen-bond donors (Lipinski definition) is 1. The second-order valence-electron chi connectivity index (χ2n) is 4.41. The van der Waals surface area contributed by atoms with Gasteiger partial charge in [0.05, 0.1) is 17.8 Å². The molecule has 1 aliphatic rings. The third-order valence-electron chi connectivity index (χ3n) is 2.91. The normalized spacial score (nSPS) is 14.9. The Hall–Kier alpha value is -2.84. The number of halogens is 3. The third-order valence-corrected chi connectivity index (χ3v) is 2.91. The van der Waals surface area contributed by atoms with Crippen molar-refractivity contribution < 1.29 is 17.7 Å². The standard InChI is InChI=1S/C13H10F3N5O/c14-13(15,16)9-3-1-2-4-10(9)19-21-6-5-17-11(7-21)12-18-8-22-20-12/h1-6,8,19H,7H2. The molecule has 0 radical (unpaired) electrons. The minimum Gasteiger partial charge on any atom is -0.342 e. The summed E-state index contributed by atoms with van der Waals surface area (Å²) in [4.78, 5) is 7.94. The van der Waals surface area contributed by atoms with Crippen molar-refractivity contribution in [3.8, 4) is 0 Å². The number of hydrazine groups is 1. The van der Waals surface area contributed by atoms with Gasteiger partial charge >= 0.3 is 6.18 Å². The number of para-hydroxylation sites is 1. The van der Waals surface area contributed by atoms with Crippen molar-refractivity contribution in [3.05, 3.63) is 54.4 Å². The van der Waals surface area contributed by atoms with Crippen LogP contribution in [0.1, 0.15) is 11.4 Å². The molecular formula is C13H10F3N5O. The number of aromatic nitrogens is 2. The van der Waals surface area contributed by atoms with E-state index in [2.05, 4.69) is 25.1 Å². The fourth-order valence-electron chi connectivity index (χ4n) is 1.94. The molecule has 0 fully saturated rings. The molecule has 0 amide bonds.